The molecule has 2 aromatic rings. The van der Waals surface area contributed by atoms with Gasteiger partial charge in [0, 0.05) is 6.04 Å². The molecule has 9 heteroatoms. The highest BCUT2D eigenvalue weighted by Crippen LogP contribution is 2.18. The van der Waals surface area contributed by atoms with Gasteiger partial charge in [0.1, 0.15) is 5.75 Å². The maximum Gasteiger partial charge on any atom is 0.343 e. The Morgan fingerprint density at radius 2 is 1.51 bits per heavy atom. The van der Waals surface area contributed by atoms with Gasteiger partial charge in [0.2, 0.25) is 0 Å². The van der Waals surface area contributed by atoms with Gasteiger partial charge in [-0.25, -0.2) is 9.79 Å². The molecule has 0 radical (unpaired) electrons. The molecule has 0 aromatic heterocycles. The first-order valence-corrected chi connectivity index (χ1v) is 11.8. The predicted octanol–water partition coefficient (Wildman–Crippen LogP) is 3.13. The largest absolute Gasteiger partial charge is 0.455 e. The van der Waals surface area contributed by atoms with Crippen molar-refractivity contribution in [2.75, 3.05) is 6.61 Å². The van der Waals surface area contributed by atoms with E-state index in [9.17, 15) is 14.4 Å². The van der Waals surface area contributed by atoms with E-state index in [0.717, 1.165) is 25.7 Å². The van der Waals surface area contributed by atoms with Crippen LogP contribution < -0.4 is 21.5 Å². The fourth-order valence-electron chi connectivity index (χ4n) is 3.90. The van der Waals surface area contributed by atoms with E-state index in [2.05, 4.69) is 10.3 Å². The third kappa shape index (κ3) is 9.11. The van der Waals surface area contributed by atoms with Crippen LogP contribution in [-0.2, 0) is 20.7 Å². The summed E-state index contributed by atoms with van der Waals surface area (Å²) in [5, 5.41) is 2.97. The summed E-state index contributed by atoms with van der Waals surface area (Å²) >= 11 is 0. The minimum Gasteiger partial charge on any atom is -0.455 e. The van der Waals surface area contributed by atoms with E-state index < -0.39 is 11.9 Å². The van der Waals surface area contributed by atoms with Crippen LogP contribution in [0.1, 0.15) is 60.9 Å². The average Bonchev–Trinajstić information content (AvgIpc) is 2.81. The molecule has 0 spiro atoms. The van der Waals surface area contributed by atoms with Gasteiger partial charge in [0.15, 0.2) is 12.6 Å². The Balaban J connectivity index is 1.42. The zero-order valence-electron chi connectivity index (χ0n) is 19.7. The van der Waals surface area contributed by atoms with Crippen molar-refractivity contribution in [1.82, 2.24) is 5.32 Å². The van der Waals surface area contributed by atoms with Gasteiger partial charge in [-0.2, -0.15) is 0 Å². The van der Waals surface area contributed by atoms with Crippen LogP contribution in [0.3, 0.4) is 0 Å². The average molecular weight is 481 g/mol. The van der Waals surface area contributed by atoms with Crippen molar-refractivity contribution >= 4 is 29.5 Å². The summed E-state index contributed by atoms with van der Waals surface area (Å²) in [6.45, 7) is -0.285. The van der Waals surface area contributed by atoms with Crippen molar-refractivity contribution < 1.29 is 23.9 Å². The molecule has 186 valence electrons. The maximum atomic E-state index is 12.3. The van der Waals surface area contributed by atoms with E-state index in [-0.39, 0.29) is 30.9 Å². The van der Waals surface area contributed by atoms with Gasteiger partial charge in [-0.3, -0.25) is 9.59 Å². The number of guanidine groups is 1. The topological polar surface area (TPSA) is 146 Å². The molecule has 1 aliphatic rings. The standard InChI is InChI=1S/C26H32N4O5/c27-26(28)30-21-12-10-19(11-13-21)25(33)35-22-14-8-18(9-15-22)16-24(32)34-17-23(31)29-20-6-4-2-1-3-5-7-20/h8-15,20H,1-7,16-17H2,(H,29,31)(H4,27,28,30). The Bertz CT molecular complexity index is 1020. The molecule has 0 heterocycles. The van der Waals surface area contributed by atoms with E-state index in [1.54, 1.807) is 48.5 Å². The van der Waals surface area contributed by atoms with E-state index in [1.807, 2.05) is 0 Å². The molecule has 1 saturated carbocycles. The Morgan fingerprint density at radius 3 is 2.14 bits per heavy atom. The fraction of sp³-hybridized carbons (Fsp3) is 0.385. The first-order chi connectivity index (χ1) is 16.9. The molecule has 5 N–H and O–H groups in total. The Labute approximate surface area is 204 Å². The Morgan fingerprint density at radius 1 is 0.886 bits per heavy atom. The number of esters is 2. The molecule has 0 atom stereocenters. The number of hydrogen-bond acceptors (Lipinski definition) is 6. The quantitative estimate of drug-likeness (QED) is 0.228. The lowest BCUT2D eigenvalue weighted by atomic mass is 9.97. The lowest BCUT2D eigenvalue weighted by molar-refractivity contribution is -0.148. The third-order valence-corrected chi connectivity index (χ3v) is 5.68. The highest BCUT2D eigenvalue weighted by molar-refractivity contribution is 5.91. The maximum absolute atomic E-state index is 12.3. The molecule has 1 aliphatic carbocycles. The van der Waals surface area contributed by atoms with Crippen LogP contribution in [0.2, 0.25) is 0 Å². The number of carbonyl (C=O) groups is 3. The smallest absolute Gasteiger partial charge is 0.343 e. The second kappa shape index (κ2) is 13.1. The summed E-state index contributed by atoms with van der Waals surface area (Å²) in [7, 11) is 0. The highest BCUT2D eigenvalue weighted by Gasteiger charge is 2.16. The summed E-state index contributed by atoms with van der Waals surface area (Å²) in [6.07, 6.45) is 7.85. The van der Waals surface area contributed by atoms with Crippen LogP contribution in [0.5, 0.6) is 5.75 Å². The van der Waals surface area contributed by atoms with Crippen LogP contribution in [0.15, 0.2) is 53.5 Å². The predicted molar refractivity (Wildman–Crippen MR) is 132 cm³/mol. The number of amides is 1. The molecule has 0 bridgehead atoms. The van der Waals surface area contributed by atoms with Crippen LogP contribution in [0.4, 0.5) is 5.69 Å². The van der Waals surface area contributed by atoms with Crippen molar-refractivity contribution in [3.05, 3.63) is 59.7 Å². The monoisotopic (exact) mass is 480 g/mol. The summed E-state index contributed by atoms with van der Waals surface area (Å²) < 4.78 is 10.5. The molecule has 0 saturated heterocycles. The number of ether oxygens (including phenoxy) is 2. The number of nitrogens with one attached hydrogen (secondary N) is 1. The molecule has 0 unspecified atom stereocenters. The number of nitrogens with two attached hydrogens (primary N) is 2. The van der Waals surface area contributed by atoms with Crippen LogP contribution in [0.25, 0.3) is 0 Å². The first-order valence-electron chi connectivity index (χ1n) is 11.8. The number of nitrogens with zero attached hydrogens (tertiary/aromatic N) is 1. The van der Waals surface area contributed by atoms with Crippen molar-refractivity contribution in [2.24, 2.45) is 16.5 Å². The van der Waals surface area contributed by atoms with Gasteiger partial charge in [0.25, 0.3) is 5.91 Å². The molecular weight excluding hydrogens is 448 g/mol. The number of benzene rings is 2. The van der Waals surface area contributed by atoms with Crippen molar-refractivity contribution in [3.63, 3.8) is 0 Å². The van der Waals surface area contributed by atoms with E-state index >= 15 is 0 Å². The van der Waals surface area contributed by atoms with Crippen LogP contribution in [-0.4, -0.2) is 36.5 Å². The number of hydrogen-bond donors (Lipinski definition) is 3. The first kappa shape index (κ1) is 25.7. The lowest BCUT2D eigenvalue weighted by Gasteiger charge is -2.20. The lowest BCUT2D eigenvalue weighted by Crippen LogP contribution is -2.38. The van der Waals surface area contributed by atoms with Crippen molar-refractivity contribution in [1.29, 1.82) is 0 Å². The molecule has 3 rings (SSSR count). The van der Waals surface area contributed by atoms with Crippen LogP contribution in [0, 0.1) is 0 Å². The Hall–Kier alpha value is -3.88. The Kier molecular flexibility index (Phi) is 9.65. The SMILES string of the molecule is NC(N)=Nc1ccc(C(=O)Oc2ccc(CC(=O)OCC(=O)NC3CCCCCCC3)cc2)cc1. The second-order valence-electron chi connectivity index (χ2n) is 8.56. The van der Waals surface area contributed by atoms with Crippen molar-refractivity contribution in [2.45, 2.75) is 57.4 Å². The third-order valence-electron chi connectivity index (χ3n) is 5.68. The summed E-state index contributed by atoms with van der Waals surface area (Å²) in [6, 6.07) is 13.0. The molecule has 0 aliphatic heterocycles. The van der Waals surface area contributed by atoms with Crippen LogP contribution >= 0.6 is 0 Å². The van der Waals surface area contributed by atoms with Gasteiger partial charge in [-0.05, 0) is 54.8 Å². The summed E-state index contributed by atoms with van der Waals surface area (Å²) in [4.78, 5) is 40.5. The van der Waals surface area contributed by atoms with E-state index in [4.69, 9.17) is 20.9 Å². The minimum absolute atomic E-state index is 0.0111. The molecule has 1 fully saturated rings. The zero-order chi connectivity index (χ0) is 25.0. The van der Waals surface area contributed by atoms with Gasteiger partial charge in [0.05, 0.1) is 17.7 Å². The summed E-state index contributed by atoms with van der Waals surface area (Å²) in [5.74, 6) is -1.04. The van der Waals surface area contributed by atoms with Crippen molar-refractivity contribution in [3.8, 4) is 5.75 Å². The minimum atomic E-state index is -0.538. The molecule has 1 amide bonds. The zero-order valence-corrected chi connectivity index (χ0v) is 19.7. The molecular formula is C26H32N4O5. The van der Waals surface area contributed by atoms with Gasteiger partial charge in [-0.15, -0.1) is 0 Å². The van der Waals surface area contributed by atoms with Gasteiger partial charge in [-0.1, -0.05) is 44.2 Å². The molecule has 2 aromatic carbocycles. The van der Waals surface area contributed by atoms with E-state index in [1.165, 1.54) is 19.3 Å². The molecule has 9 nitrogen and oxygen atoms in total. The van der Waals surface area contributed by atoms with E-state index in [0.29, 0.717) is 22.6 Å². The number of carbonyl (C=O) groups excluding carboxylic acids is 3. The highest BCUT2D eigenvalue weighted by atomic mass is 16.5. The molecule has 35 heavy (non-hydrogen) atoms. The van der Waals surface area contributed by atoms with Gasteiger partial charge < -0.3 is 26.3 Å². The second-order valence-corrected chi connectivity index (χ2v) is 8.56. The fourth-order valence-corrected chi connectivity index (χ4v) is 3.90. The van der Waals surface area contributed by atoms with Gasteiger partial charge >= 0.3 is 11.9 Å². The number of aliphatic imine (C=N–C) groups is 1. The normalized spacial score (nSPS) is 14.2. The summed E-state index contributed by atoms with van der Waals surface area (Å²) in [5.41, 5.74) is 12.2. The number of rotatable bonds is 8.